The highest BCUT2D eigenvalue weighted by Crippen LogP contribution is 2.24. The Bertz CT molecular complexity index is 1170. The number of rotatable bonds is 7. The first-order chi connectivity index (χ1) is 15.6. The van der Waals surface area contributed by atoms with Crippen LogP contribution in [0, 0.1) is 11.2 Å². The molecule has 0 atom stereocenters. The van der Waals surface area contributed by atoms with Crippen LogP contribution in [0.15, 0.2) is 48.8 Å². The van der Waals surface area contributed by atoms with Crippen LogP contribution in [0.5, 0.6) is 5.75 Å². The SMILES string of the molecule is COc1ccc(F)cc1C(=O)NCc1ccc(C(=N)c2c(N)ncnc2NC(C)(C)C)cc1. The minimum Gasteiger partial charge on any atom is -0.496 e. The second kappa shape index (κ2) is 9.64. The summed E-state index contributed by atoms with van der Waals surface area (Å²) in [6, 6.07) is 10.9. The molecule has 8 nitrogen and oxygen atoms in total. The molecule has 3 aromatic rings. The van der Waals surface area contributed by atoms with Crippen molar-refractivity contribution in [3.63, 3.8) is 0 Å². The lowest BCUT2D eigenvalue weighted by atomic mass is 10.0. The van der Waals surface area contributed by atoms with E-state index in [9.17, 15) is 9.18 Å². The third-order valence-corrected chi connectivity index (χ3v) is 4.72. The number of hydrogen-bond acceptors (Lipinski definition) is 7. The Kier molecular flexibility index (Phi) is 6.91. The second-order valence-corrected chi connectivity index (χ2v) is 8.46. The number of aromatic nitrogens is 2. The first kappa shape index (κ1) is 23.6. The molecule has 0 saturated heterocycles. The molecule has 9 heteroatoms. The Morgan fingerprint density at radius 1 is 1.15 bits per heavy atom. The summed E-state index contributed by atoms with van der Waals surface area (Å²) >= 11 is 0. The summed E-state index contributed by atoms with van der Waals surface area (Å²) < 4.78 is 18.7. The molecule has 0 fully saturated rings. The van der Waals surface area contributed by atoms with Crippen molar-refractivity contribution < 1.29 is 13.9 Å². The Morgan fingerprint density at radius 2 is 1.85 bits per heavy atom. The van der Waals surface area contributed by atoms with E-state index in [1.807, 2.05) is 20.8 Å². The highest BCUT2D eigenvalue weighted by atomic mass is 19.1. The predicted octanol–water partition coefficient (Wildman–Crippen LogP) is 3.76. The van der Waals surface area contributed by atoms with Crippen LogP contribution in [0.3, 0.4) is 0 Å². The fraction of sp³-hybridized carbons (Fsp3) is 0.250. The Balaban J connectivity index is 1.74. The highest BCUT2D eigenvalue weighted by molar-refractivity contribution is 6.16. The van der Waals surface area contributed by atoms with E-state index in [4.69, 9.17) is 15.9 Å². The average molecular weight is 451 g/mol. The van der Waals surface area contributed by atoms with Crippen molar-refractivity contribution in [2.24, 2.45) is 0 Å². The predicted molar refractivity (Wildman–Crippen MR) is 126 cm³/mol. The molecule has 0 spiro atoms. The van der Waals surface area contributed by atoms with Crippen molar-refractivity contribution in [2.45, 2.75) is 32.9 Å². The molecule has 5 N–H and O–H groups in total. The molecule has 33 heavy (non-hydrogen) atoms. The summed E-state index contributed by atoms with van der Waals surface area (Å²) in [4.78, 5) is 20.8. The number of halogens is 1. The summed E-state index contributed by atoms with van der Waals surface area (Å²) in [6.07, 6.45) is 1.36. The van der Waals surface area contributed by atoms with Crippen LogP contribution < -0.4 is 21.1 Å². The topological polar surface area (TPSA) is 126 Å². The van der Waals surface area contributed by atoms with Gasteiger partial charge in [0.15, 0.2) is 0 Å². The minimum absolute atomic E-state index is 0.120. The van der Waals surface area contributed by atoms with Crippen molar-refractivity contribution >= 4 is 23.3 Å². The number of carbonyl (C=O) groups excluding carboxylic acids is 1. The van der Waals surface area contributed by atoms with Gasteiger partial charge in [-0.25, -0.2) is 14.4 Å². The Morgan fingerprint density at radius 3 is 2.48 bits per heavy atom. The normalized spacial score (nSPS) is 11.1. The van der Waals surface area contributed by atoms with Crippen LogP contribution in [0.4, 0.5) is 16.0 Å². The smallest absolute Gasteiger partial charge is 0.255 e. The molecule has 0 radical (unpaired) electrons. The molecule has 1 heterocycles. The van der Waals surface area contributed by atoms with Crippen molar-refractivity contribution in [3.8, 4) is 5.75 Å². The summed E-state index contributed by atoms with van der Waals surface area (Å²) in [5, 5.41) is 14.7. The van der Waals surface area contributed by atoms with E-state index in [1.165, 1.54) is 25.6 Å². The van der Waals surface area contributed by atoms with Crippen LogP contribution in [0.1, 0.15) is 47.8 Å². The van der Waals surface area contributed by atoms with Gasteiger partial charge in [-0.3, -0.25) is 10.2 Å². The van der Waals surface area contributed by atoms with Crippen molar-refractivity contribution in [2.75, 3.05) is 18.2 Å². The molecule has 0 unspecified atom stereocenters. The van der Waals surface area contributed by atoms with Gasteiger partial charge in [-0.2, -0.15) is 0 Å². The van der Waals surface area contributed by atoms with Gasteiger partial charge in [0.2, 0.25) is 0 Å². The fourth-order valence-electron chi connectivity index (χ4n) is 3.16. The lowest BCUT2D eigenvalue weighted by Gasteiger charge is -2.23. The molecule has 0 aliphatic carbocycles. The van der Waals surface area contributed by atoms with Crippen LogP contribution in [-0.4, -0.2) is 34.2 Å². The lowest BCUT2D eigenvalue weighted by Crippen LogP contribution is -2.28. The third-order valence-electron chi connectivity index (χ3n) is 4.72. The van der Waals surface area contributed by atoms with E-state index < -0.39 is 11.7 Å². The van der Waals surface area contributed by atoms with Crippen LogP contribution >= 0.6 is 0 Å². The number of ether oxygens (including phenoxy) is 1. The maximum Gasteiger partial charge on any atom is 0.255 e. The molecule has 0 aliphatic heterocycles. The van der Waals surface area contributed by atoms with Crippen LogP contribution in [-0.2, 0) is 6.54 Å². The molecule has 0 aliphatic rings. The monoisotopic (exact) mass is 450 g/mol. The number of nitrogens with two attached hydrogens (primary N) is 1. The van der Waals surface area contributed by atoms with Gasteiger partial charge in [0, 0.05) is 17.6 Å². The summed E-state index contributed by atoms with van der Waals surface area (Å²) in [7, 11) is 1.42. The van der Waals surface area contributed by atoms with Gasteiger partial charge < -0.3 is 21.1 Å². The zero-order valence-corrected chi connectivity index (χ0v) is 19.0. The van der Waals surface area contributed by atoms with Gasteiger partial charge >= 0.3 is 0 Å². The number of nitrogens with zero attached hydrogens (tertiary/aromatic N) is 2. The van der Waals surface area contributed by atoms with Gasteiger partial charge in [0.25, 0.3) is 5.91 Å². The standard InChI is InChI=1S/C24H27FN6O2/c1-24(2,3)31-22-19(21(27)29-13-30-22)20(26)15-7-5-14(6-8-15)12-28-23(32)17-11-16(25)9-10-18(17)33-4/h5-11,13,26H,12H2,1-4H3,(H,28,32)(H3,27,29,30,31). The summed E-state index contributed by atoms with van der Waals surface area (Å²) in [5.74, 6) is 0.0196. The van der Waals surface area contributed by atoms with E-state index in [0.717, 1.165) is 11.6 Å². The number of nitrogens with one attached hydrogen (secondary N) is 3. The Labute approximate surface area is 191 Å². The van der Waals surface area contributed by atoms with Crippen molar-refractivity contribution in [1.29, 1.82) is 5.41 Å². The largest absolute Gasteiger partial charge is 0.496 e. The summed E-state index contributed by atoms with van der Waals surface area (Å²) in [5.41, 5.74) is 7.94. The zero-order valence-electron chi connectivity index (χ0n) is 19.0. The fourth-order valence-corrected chi connectivity index (χ4v) is 3.16. The molecular formula is C24H27FN6O2. The highest BCUT2D eigenvalue weighted by Gasteiger charge is 2.20. The van der Waals surface area contributed by atoms with E-state index in [2.05, 4.69) is 20.6 Å². The number of benzene rings is 2. The van der Waals surface area contributed by atoms with E-state index in [-0.39, 0.29) is 29.2 Å². The molecular weight excluding hydrogens is 423 g/mol. The van der Waals surface area contributed by atoms with Crippen LogP contribution in [0.25, 0.3) is 0 Å². The number of anilines is 2. The molecule has 1 amide bonds. The van der Waals surface area contributed by atoms with E-state index >= 15 is 0 Å². The number of nitrogen functional groups attached to an aromatic ring is 1. The number of methoxy groups -OCH3 is 1. The number of amides is 1. The number of hydrogen-bond donors (Lipinski definition) is 4. The van der Waals surface area contributed by atoms with Gasteiger partial charge in [0.05, 0.1) is 23.9 Å². The first-order valence-electron chi connectivity index (χ1n) is 10.3. The maximum absolute atomic E-state index is 13.5. The van der Waals surface area contributed by atoms with E-state index in [0.29, 0.717) is 22.7 Å². The van der Waals surface area contributed by atoms with Gasteiger partial charge in [0.1, 0.15) is 29.5 Å². The molecule has 1 aromatic heterocycles. The second-order valence-electron chi connectivity index (χ2n) is 8.46. The maximum atomic E-state index is 13.5. The van der Waals surface area contributed by atoms with E-state index in [1.54, 1.807) is 24.3 Å². The van der Waals surface area contributed by atoms with Gasteiger partial charge in [-0.15, -0.1) is 0 Å². The minimum atomic E-state index is -0.520. The zero-order chi connectivity index (χ0) is 24.2. The quantitative estimate of drug-likeness (QED) is 0.406. The number of carbonyl (C=O) groups is 1. The summed E-state index contributed by atoms with van der Waals surface area (Å²) in [6.45, 7) is 6.18. The molecule has 0 saturated carbocycles. The average Bonchev–Trinajstić information content (AvgIpc) is 2.76. The molecule has 3 rings (SSSR count). The van der Waals surface area contributed by atoms with Crippen molar-refractivity contribution in [1.82, 2.24) is 15.3 Å². The lowest BCUT2D eigenvalue weighted by molar-refractivity contribution is 0.0947. The van der Waals surface area contributed by atoms with Crippen LogP contribution in [0.2, 0.25) is 0 Å². The molecule has 172 valence electrons. The van der Waals surface area contributed by atoms with Gasteiger partial charge in [-0.05, 0) is 44.5 Å². The third kappa shape index (κ3) is 5.82. The molecule has 2 aromatic carbocycles. The first-order valence-corrected chi connectivity index (χ1v) is 10.3. The Hall–Kier alpha value is -4.01. The van der Waals surface area contributed by atoms with Crippen molar-refractivity contribution in [3.05, 3.63) is 76.9 Å². The molecule has 0 bridgehead atoms. The van der Waals surface area contributed by atoms with Gasteiger partial charge in [-0.1, -0.05) is 24.3 Å².